The lowest BCUT2D eigenvalue weighted by atomic mass is 9.82. The Morgan fingerprint density at radius 3 is 1.29 bits per heavy atom. The van der Waals surface area contributed by atoms with E-state index in [1.165, 1.54) is 118 Å². The molecule has 0 nitrogen and oxygen atoms in total. The van der Waals surface area contributed by atoms with Gasteiger partial charge in [0, 0.05) is 20.2 Å². The van der Waals surface area contributed by atoms with Crippen LogP contribution in [-0.2, 0) is 0 Å². The first kappa shape index (κ1) is 30.6. The Hall–Kier alpha value is -6.80. The fourth-order valence-electron chi connectivity index (χ4n) is 9.53. The van der Waals surface area contributed by atoms with Crippen molar-refractivity contribution in [2.45, 2.75) is 0 Å². The van der Waals surface area contributed by atoms with Gasteiger partial charge in [-0.05, 0) is 110 Å². The molecule has 0 unspecified atom stereocenters. The van der Waals surface area contributed by atoms with Gasteiger partial charge in [-0.3, -0.25) is 0 Å². The summed E-state index contributed by atoms with van der Waals surface area (Å²) < 4.78 is 2.66. The Kier molecular flexibility index (Phi) is 6.60. The molecule has 1 heteroatoms. The van der Waals surface area contributed by atoms with E-state index in [-0.39, 0.29) is 0 Å². The van der Waals surface area contributed by atoms with E-state index in [1.807, 2.05) is 11.3 Å². The number of hydrogen-bond acceptors (Lipinski definition) is 1. The van der Waals surface area contributed by atoms with Crippen molar-refractivity contribution in [3.05, 3.63) is 194 Å². The second-order valence-corrected chi connectivity index (χ2v) is 15.8. The SMILES string of the molecule is c1ccc2c(-c3c4ccccc4c(-c4ccc(-c5cc6sc7ccc8ccccc8c7c6c6ccccc56)c5ccccc45)c4ccccc34)cccc2c1. The van der Waals surface area contributed by atoms with Crippen LogP contribution in [0.4, 0.5) is 0 Å². The summed E-state index contributed by atoms with van der Waals surface area (Å²) in [4.78, 5) is 0. The lowest BCUT2D eigenvalue weighted by Gasteiger charge is -2.20. The zero-order chi connectivity index (χ0) is 36.0. The van der Waals surface area contributed by atoms with Crippen LogP contribution in [-0.4, -0.2) is 0 Å². The average Bonchev–Trinajstić information content (AvgIpc) is 3.64. The summed E-state index contributed by atoms with van der Waals surface area (Å²) in [6, 6.07) is 72.2. The molecular weight excluding hydrogens is 681 g/mol. The lowest BCUT2D eigenvalue weighted by Crippen LogP contribution is -1.93. The molecule has 0 amide bonds. The van der Waals surface area contributed by atoms with Crippen LogP contribution >= 0.6 is 11.3 Å². The average molecular weight is 713 g/mol. The highest BCUT2D eigenvalue weighted by Gasteiger charge is 2.21. The second kappa shape index (κ2) is 11.9. The third-order valence-corrected chi connectivity index (χ3v) is 12.9. The largest absolute Gasteiger partial charge is 0.135 e. The van der Waals surface area contributed by atoms with Crippen LogP contribution < -0.4 is 0 Å². The smallest absolute Gasteiger partial charge is 0.0368 e. The molecule has 12 rings (SSSR count). The maximum atomic E-state index is 2.46. The molecule has 0 aliphatic carbocycles. The molecule has 0 atom stereocenters. The van der Waals surface area contributed by atoms with E-state index < -0.39 is 0 Å². The Balaban J connectivity index is 1.15. The van der Waals surface area contributed by atoms with E-state index in [2.05, 4.69) is 194 Å². The van der Waals surface area contributed by atoms with Crippen LogP contribution in [0.25, 0.3) is 118 Å². The first-order chi connectivity index (χ1) is 27.3. The van der Waals surface area contributed by atoms with Crippen molar-refractivity contribution >= 4 is 96.1 Å². The van der Waals surface area contributed by atoms with Gasteiger partial charge in [0.1, 0.15) is 0 Å². The number of hydrogen-bond donors (Lipinski definition) is 0. The summed E-state index contributed by atoms with van der Waals surface area (Å²) in [5.41, 5.74) is 7.66. The van der Waals surface area contributed by atoms with Crippen molar-refractivity contribution in [2.75, 3.05) is 0 Å². The summed E-state index contributed by atoms with van der Waals surface area (Å²) in [5, 5.41) is 18.1. The Labute approximate surface area is 322 Å². The molecule has 0 fully saturated rings. The minimum atomic E-state index is 1.26. The molecule has 11 aromatic carbocycles. The summed E-state index contributed by atoms with van der Waals surface area (Å²) in [6.45, 7) is 0. The standard InChI is InChI=1S/C54H32S/c1-3-17-35-33(14-1)16-13-27-41(35)51-43-23-9-11-25-45(43)52(46-26-12-10-24-44(46)51)47-30-29-40(37-19-5-6-20-38(37)47)48-32-50-54(42-22-8-7-21-39(42)48)53-36-18-4-2-15-34(36)28-31-49(53)55-50/h1-32H. The van der Waals surface area contributed by atoms with Crippen LogP contribution in [0.3, 0.4) is 0 Å². The van der Waals surface area contributed by atoms with Crippen molar-refractivity contribution in [3.63, 3.8) is 0 Å². The fraction of sp³-hybridized carbons (Fsp3) is 0. The van der Waals surface area contributed by atoms with Crippen LogP contribution in [0.15, 0.2) is 194 Å². The second-order valence-electron chi connectivity index (χ2n) is 14.7. The van der Waals surface area contributed by atoms with Crippen molar-refractivity contribution < 1.29 is 0 Å². The Morgan fingerprint density at radius 2 is 0.655 bits per heavy atom. The molecular formula is C54H32S. The molecule has 0 radical (unpaired) electrons. The number of benzene rings is 11. The molecule has 0 aliphatic heterocycles. The number of fused-ring (bicyclic) bond motifs is 11. The van der Waals surface area contributed by atoms with Gasteiger partial charge in [-0.15, -0.1) is 11.3 Å². The minimum absolute atomic E-state index is 1.26. The predicted molar refractivity (Wildman–Crippen MR) is 241 cm³/mol. The van der Waals surface area contributed by atoms with Crippen LogP contribution in [0.5, 0.6) is 0 Å². The molecule has 0 saturated carbocycles. The lowest BCUT2D eigenvalue weighted by molar-refractivity contribution is 1.68. The van der Waals surface area contributed by atoms with E-state index in [4.69, 9.17) is 0 Å². The van der Waals surface area contributed by atoms with E-state index >= 15 is 0 Å². The zero-order valence-corrected chi connectivity index (χ0v) is 30.7. The van der Waals surface area contributed by atoms with Crippen LogP contribution in [0.2, 0.25) is 0 Å². The summed E-state index contributed by atoms with van der Waals surface area (Å²) in [7, 11) is 0. The molecule has 0 aliphatic rings. The summed E-state index contributed by atoms with van der Waals surface area (Å²) >= 11 is 1.91. The van der Waals surface area contributed by atoms with Crippen molar-refractivity contribution in [2.24, 2.45) is 0 Å². The Morgan fingerprint density at radius 1 is 0.236 bits per heavy atom. The van der Waals surface area contributed by atoms with Gasteiger partial charge in [-0.2, -0.15) is 0 Å². The first-order valence-corrected chi connectivity index (χ1v) is 19.8. The topological polar surface area (TPSA) is 0 Å². The Bertz CT molecular complexity index is 3490. The highest BCUT2D eigenvalue weighted by Crippen LogP contribution is 2.50. The van der Waals surface area contributed by atoms with Crippen molar-refractivity contribution in [3.8, 4) is 33.4 Å². The van der Waals surface area contributed by atoms with Gasteiger partial charge in [-0.25, -0.2) is 0 Å². The van der Waals surface area contributed by atoms with E-state index in [0.717, 1.165) is 0 Å². The van der Waals surface area contributed by atoms with Gasteiger partial charge in [0.2, 0.25) is 0 Å². The van der Waals surface area contributed by atoms with Gasteiger partial charge < -0.3 is 0 Å². The minimum Gasteiger partial charge on any atom is -0.135 e. The van der Waals surface area contributed by atoms with Gasteiger partial charge in [-0.1, -0.05) is 182 Å². The highest BCUT2D eigenvalue weighted by molar-refractivity contribution is 7.26. The van der Waals surface area contributed by atoms with Gasteiger partial charge in [0.15, 0.2) is 0 Å². The quantitative estimate of drug-likeness (QED) is 0.160. The molecule has 254 valence electrons. The molecule has 1 aromatic heterocycles. The normalized spacial score (nSPS) is 12.0. The molecule has 55 heavy (non-hydrogen) atoms. The van der Waals surface area contributed by atoms with E-state index in [0.29, 0.717) is 0 Å². The van der Waals surface area contributed by atoms with Gasteiger partial charge in [0.25, 0.3) is 0 Å². The van der Waals surface area contributed by atoms with E-state index in [1.54, 1.807) is 0 Å². The van der Waals surface area contributed by atoms with Gasteiger partial charge in [0.05, 0.1) is 0 Å². The maximum absolute atomic E-state index is 2.46. The molecule has 12 aromatic rings. The monoisotopic (exact) mass is 712 g/mol. The molecule has 0 spiro atoms. The number of rotatable bonds is 3. The predicted octanol–water partition coefficient (Wildman–Crippen LogP) is 16.0. The fourth-order valence-corrected chi connectivity index (χ4v) is 10.7. The van der Waals surface area contributed by atoms with Crippen molar-refractivity contribution in [1.82, 2.24) is 0 Å². The van der Waals surface area contributed by atoms with Crippen molar-refractivity contribution in [1.29, 1.82) is 0 Å². The summed E-state index contributed by atoms with van der Waals surface area (Å²) in [5.74, 6) is 0. The highest BCUT2D eigenvalue weighted by atomic mass is 32.1. The molecule has 1 heterocycles. The zero-order valence-electron chi connectivity index (χ0n) is 29.9. The van der Waals surface area contributed by atoms with Crippen LogP contribution in [0.1, 0.15) is 0 Å². The molecule has 0 N–H and O–H groups in total. The molecule has 0 saturated heterocycles. The van der Waals surface area contributed by atoms with E-state index in [9.17, 15) is 0 Å². The maximum Gasteiger partial charge on any atom is 0.0368 e. The third kappa shape index (κ3) is 4.45. The first-order valence-electron chi connectivity index (χ1n) is 19.0. The number of thiophene rings is 1. The van der Waals surface area contributed by atoms with Gasteiger partial charge >= 0.3 is 0 Å². The molecule has 0 bridgehead atoms. The summed E-state index contributed by atoms with van der Waals surface area (Å²) in [6.07, 6.45) is 0. The third-order valence-electron chi connectivity index (χ3n) is 11.8. The van der Waals surface area contributed by atoms with Crippen LogP contribution in [0, 0.1) is 0 Å².